The van der Waals surface area contributed by atoms with Crippen molar-refractivity contribution in [3.05, 3.63) is 61.6 Å². The molecule has 0 bridgehead atoms. The molecule has 0 spiro atoms. The van der Waals surface area contributed by atoms with Gasteiger partial charge >= 0.3 is 0 Å². The first kappa shape index (κ1) is 26.7. The Bertz CT molecular complexity index is 1320. The number of hydrogen-bond acceptors (Lipinski definition) is 5. The Kier molecular flexibility index (Phi) is 8.41. The zero-order chi connectivity index (χ0) is 25.9. The van der Waals surface area contributed by atoms with Crippen molar-refractivity contribution in [2.24, 2.45) is 10.5 Å². The third kappa shape index (κ3) is 6.30. The van der Waals surface area contributed by atoms with Crippen LogP contribution in [0.5, 0.6) is 11.5 Å². The number of hydrogen-bond donors (Lipinski definition) is 0. The molecule has 0 unspecified atom stereocenters. The molecule has 6 nitrogen and oxygen atoms in total. The van der Waals surface area contributed by atoms with Gasteiger partial charge in [-0.2, -0.15) is 9.78 Å². The number of rotatable bonds is 7. The Morgan fingerprint density at radius 2 is 1.92 bits per heavy atom. The van der Waals surface area contributed by atoms with E-state index >= 15 is 0 Å². The standard InChI is InChI=1S/C28H33BrClN3O3/c1-5-35-24-14-18(13-22(30)25(24)36-17-28(2,3)4)16-31-33-26(19-9-7-6-8-10-19)32-23-12-11-20(29)15-21(23)27(33)34/h11-16,19H,5-10,17H2,1-4H3. The van der Waals surface area contributed by atoms with E-state index in [1.807, 2.05) is 25.1 Å². The Balaban J connectivity index is 1.77. The van der Waals surface area contributed by atoms with Crippen LogP contribution in [0.1, 0.15) is 77.1 Å². The molecule has 0 saturated heterocycles. The molecule has 1 saturated carbocycles. The molecule has 1 aromatic heterocycles. The van der Waals surface area contributed by atoms with Crippen LogP contribution in [0.15, 0.2) is 44.7 Å². The van der Waals surface area contributed by atoms with Gasteiger partial charge in [0.05, 0.1) is 35.4 Å². The van der Waals surface area contributed by atoms with Crippen molar-refractivity contribution >= 4 is 44.6 Å². The summed E-state index contributed by atoms with van der Waals surface area (Å²) in [7, 11) is 0. The zero-order valence-corrected chi connectivity index (χ0v) is 23.7. The minimum Gasteiger partial charge on any atom is -0.490 e. The average molecular weight is 575 g/mol. The largest absolute Gasteiger partial charge is 0.490 e. The highest BCUT2D eigenvalue weighted by molar-refractivity contribution is 9.10. The smallest absolute Gasteiger partial charge is 0.282 e. The molecule has 0 atom stereocenters. The van der Waals surface area contributed by atoms with Gasteiger partial charge in [0, 0.05) is 10.4 Å². The van der Waals surface area contributed by atoms with Crippen molar-refractivity contribution in [3.63, 3.8) is 0 Å². The Hall–Kier alpha value is -2.38. The molecule has 0 N–H and O–H groups in total. The van der Waals surface area contributed by atoms with Crippen LogP contribution < -0.4 is 15.0 Å². The molecule has 2 aromatic carbocycles. The van der Waals surface area contributed by atoms with E-state index in [2.05, 4.69) is 41.8 Å². The van der Waals surface area contributed by atoms with Gasteiger partial charge in [0.15, 0.2) is 11.5 Å². The van der Waals surface area contributed by atoms with Crippen LogP contribution >= 0.6 is 27.5 Å². The quantitative estimate of drug-likeness (QED) is 0.273. The lowest BCUT2D eigenvalue weighted by molar-refractivity contribution is 0.189. The van der Waals surface area contributed by atoms with Gasteiger partial charge in [-0.3, -0.25) is 4.79 Å². The second kappa shape index (κ2) is 11.3. The van der Waals surface area contributed by atoms with Gasteiger partial charge in [-0.05, 0) is 61.1 Å². The number of halogens is 2. The third-order valence-electron chi connectivity index (χ3n) is 6.11. The van der Waals surface area contributed by atoms with E-state index in [1.54, 1.807) is 18.3 Å². The van der Waals surface area contributed by atoms with Crippen molar-refractivity contribution in [1.29, 1.82) is 0 Å². The SMILES string of the molecule is CCOc1cc(C=Nn2c(C3CCCCC3)nc3ccc(Br)cc3c2=O)cc(Cl)c1OCC(C)(C)C. The first-order valence-electron chi connectivity index (χ1n) is 12.5. The lowest BCUT2D eigenvalue weighted by atomic mass is 9.88. The van der Waals surface area contributed by atoms with E-state index in [-0.39, 0.29) is 16.9 Å². The second-order valence-electron chi connectivity index (χ2n) is 10.4. The summed E-state index contributed by atoms with van der Waals surface area (Å²) < 4.78 is 14.1. The van der Waals surface area contributed by atoms with E-state index in [1.165, 1.54) is 11.1 Å². The number of aromatic nitrogens is 2. The molecule has 1 heterocycles. The summed E-state index contributed by atoms with van der Waals surface area (Å²) in [6.45, 7) is 9.17. The molecule has 0 amide bonds. The van der Waals surface area contributed by atoms with E-state index < -0.39 is 0 Å². The molecule has 0 radical (unpaired) electrons. The van der Waals surface area contributed by atoms with Gasteiger partial charge in [0.25, 0.3) is 5.56 Å². The van der Waals surface area contributed by atoms with Crippen LogP contribution in [0.25, 0.3) is 10.9 Å². The maximum atomic E-state index is 13.6. The monoisotopic (exact) mass is 573 g/mol. The van der Waals surface area contributed by atoms with E-state index in [4.69, 9.17) is 26.1 Å². The van der Waals surface area contributed by atoms with Gasteiger partial charge in [-0.15, -0.1) is 0 Å². The normalized spacial score (nSPS) is 15.1. The maximum Gasteiger partial charge on any atom is 0.282 e. The predicted molar refractivity (Wildman–Crippen MR) is 150 cm³/mol. The predicted octanol–water partition coefficient (Wildman–Crippen LogP) is 7.57. The fourth-order valence-electron chi connectivity index (χ4n) is 4.38. The van der Waals surface area contributed by atoms with E-state index in [9.17, 15) is 4.79 Å². The van der Waals surface area contributed by atoms with Crippen LogP contribution in [0.3, 0.4) is 0 Å². The van der Waals surface area contributed by atoms with Gasteiger partial charge in [0.2, 0.25) is 0 Å². The fraction of sp³-hybridized carbons (Fsp3) is 0.464. The highest BCUT2D eigenvalue weighted by Gasteiger charge is 2.23. The molecule has 8 heteroatoms. The Morgan fingerprint density at radius 3 is 2.61 bits per heavy atom. The van der Waals surface area contributed by atoms with Crippen molar-refractivity contribution in [1.82, 2.24) is 9.66 Å². The lowest BCUT2D eigenvalue weighted by Gasteiger charge is -2.23. The number of fused-ring (bicyclic) bond motifs is 1. The minimum atomic E-state index is -0.181. The molecule has 1 aliphatic carbocycles. The summed E-state index contributed by atoms with van der Waals surface area (Å²) in [5.41, 5.74) is 1.20. The topological polar surface area (TPSA) is 65.7 Å². The fourth-order valence-corrected chi connectivity index (χ4v) is 5.02. The van der Waals surface area contributed by atoms with Crippen LogP contribution in [0.4, 0.5) is 0 Å². The average Bonchev–Trinajstić information content (AvgIpc) is 2.83. The molecule has 4 rings (SSSR count). The van der Waals surface area contributed by atoms with Crippen LogP contribution in [0.2, 0.25) is 5.02 Å². The van der Waals surface area contributed by atoms with Gasteiger partial charge in [-0.25, -0.2) is 4.98 Å². The second-order valence-corrected chi connectivity index (χ2v) is 11.8. The number of nitrogens with zero attached hydrogens (tertiary/aromatic N) is 3. The van der Waals surface area contributed by atoms with Gasteiger partial charge < -0.3 is 9.47 Å². The summed E-state index contributed by atoms with van der Waals surface area (Å²) in [6, 6.07) is 9.21. The molecule has 1 fully saturated rings. The minimum absolute atomic E-state index is 0.0261. The molecule has 0 aliphatic heterocycles. The third-order valence-corrected chi connectivity index (χ3v) is 6.88. The maximum absolute atomic E-state index is 13.6. The van der Waals surface area contributed by atoms with Crippen molar-refractivity contribution in [2.75, 3.05) is 13.2 Å². The van der Waals surface area contributed by atoms with Crippen LogP contribution in [0, 0.1) is 5.41 Å². The molecule has 3 aromatic rings. The zero-order valence-electron chi connectivity index (χ0n) is 21.3. The van der Waals surface area contributed by atoms with Crippen molar-refractivity contribution < 1.29 is 9.47 Å². The number of ether oxygens (including phenoxy) is 2. The van der Waals surface area contributed by atoms with Crippen LogP contribution in [-0.2, 0) is 0 Å². The summed E-state index contributed by atoms with van der Waals surface area (Å²) in [6.07, 6.45) is 7.13. The highest BCUT2D eigenvalue weighted by Crippen LogP contribution is 2.37. The first-order chi connectivity index (χ1) is 17.2. The molecular weight excluding hydrogens is 542 g/mol. The summed E-state index contributed by atoms with van der Waals surface area (Å²) in [4.78, 5) is 18.4. The number of benzene rings is 2. The van der Waals surface area contributed by atoms with Crippen molar-refractivity contribution in [2.45, 2.75) is 65.7 Å². The molecular formula is C28H33BrClN3O3. The van der Waals surface area contributed by atoms with Gasteiger partial charge in [0.1, 0.15) is 5.82 Å². The van der Waals surface area contributed by atoms with Crippen LogP contribution in [-0.4, -0.2) is 29.1 Å². The Labute approximate surface area is 225 Å². The van der Waals surface area contributed by atoms with Gasteiger partial charge in [-0.1, -0.05) is 67.6 Å². The summed E-state index contributed by atoms with van der Waals surface area (Å²) >= 11 is 10.1. The van der Waals surface area contributed by atoms with E-state index in [0.29, 0.717) is 52.0 Å². The highest BCUT2D eigenvalue weighted by atomic mass is 79.9. The molecule has 1 aliphatic rings. The first-order valence-corrected chi connectivity index (χ1v) is 13.7. The lowest BCUT2D eigenvalue weighted by Crippen LogP contribution is -2.25. The summed E-state index contributed by atoms with van der Waals surface area (Å²) in [5, 5.41) is 5.60. The van der Waals surface area contributed by atoms with Crippen molar-refractivity contribution in [3.8, 4) is 11.5 Å². The molecule has 36 heavy (non-hydrogen) atoms. The molecule has 192 valence electrons. The summed E-state index contributed by atoms with van der Waals surface area (Å²) in [5.74, 6) is 1.98. The van der Waals surface area contributed by atoms with E-state index in [0.717, 1.165) is 30.2 Å². The Morgan fingerprint density at radius 1 is 1.17 bits per heavy atom.